The number of amides is 1. The summed E-state index contributed by atoms with van der Waals surface area (Å²) < 4.78 is 2.10. The Morgan fingerprint density at radius 3 is 2.48 bits per heavy atom. The zero-order valence-corrected chi connectivity index (χ0v) is 15.6. The maximum atomic E-state index is 12.6. The van der Waals surface area contributed by atoms with Gasteiger partial charge < -0.3 is 15.2 Å². The Balaban J connectivity index is 1.90. The second kappa shape index (κ2) is 9.37. The first kappa shape index (κ1) is 19.2. The molecule has 5 heteroatoms. The molecule has 0 spiro atoms. The van der Waals surface area contributed by atoms with Crippen LogP contribution < -0.4 is 10.6 Å². The molecule has 1 aromatic heterocycles. The lowest BCUT2D eigenvalue weighted by Gasteiger charge is -2.28. The summed E-state index contributed by atoms with van der Waals surface area (Å²) in [6.45, 7) is 7.58. The first-order valence-corrected chi connectivity index (χ1v) is 9.09. The molecule has 0 radical (unpaired) electrons. The monoisotopic (exact) mass is 342 g/mol. The molecule has 2 aromatic rings. The molecule has 25 heavy (non-hydrogen) atoms. The minimum Gasteiger partial charge on any atom is -0.337 e. The maximum absolute atomic E-state index is 12.6. The van der Waals surface area contributed by atoms with Gasteiger partial charge in [-0.25, -0.2) is 4.98 Å². The molecular formula is C20H30N4O. The van der Waals surface area contributed by atoms with E-state index in [1.807, 2.05) is 29.7 Å². The average molecular weight is 342 g/mol. The summed E-state index contributed by atoms with van der Waals surface area (Å²) in [6.07, 6.45) is 10.0. The lowest BCUT2D eigenvalue weighted by Crippen LogP contribution is -2.43. The third kappa shape index (κ3) is 5.43. The number of imidazole rings is 1. The third-order valence-electron chi connectivity index (χ3n) is 4.47. The van der Waals surface area contributed by atoms with Crippen LogP contribution >= 0.6 is 0 Å². The van der Waals surface area contributed by atoms with Gasteiger partial charge in [-0.15, -0.1) is 0 Å². The van der Waals surface area contributed by atoms with Crippen LogP contribution in [0.15, 0.2) is 36.9 Å². The molecule has 2 rings (SSSR count). The van der Waals surface area contributed by atoms with Crippen molar-refractivity contribution >= 4 is 11.6 Å². The summed E-state index contributed by atoms with van der Waals surface area (Å²) in [5.74, 6) is -0.00387. The van der Waals surface area contributed by atoms with E-state index in [0.29, 0.717) is 0 Å². The topological polar surface area (TPSA) is 64.2 Å². The van der Waals surface area contributed by atoms with Crippen LogP contribution in [0.2, 0.25) is 0 Å². The Kier molecular flexibility index (Phi) is 7.19. The van der Waals surface area contributed by atoms with Gasteiger partial charge in [0.15, 0.2) is 0 Å². The van der Waals surface area contributed by atoms with Gasteiger partial charge in [0.05, 0.1) is 12.4 Å². The van der Waals surface area contributed by atoms with Gasteiger partial charge in [-0.2, -0.15) is 0 Å². The van der Waals surface area contributed by atoms with Gasteiger partial charge in [-0.1, -0.05) is 31.0 Å². The van der Waals surface area contributed by atoms with Crippen LogP contribution in [0, 0.1) is 13.8 Å². The Morgan fingerprint density at radius 2 is 1.88 bits per heavy atom. The zero-order chi connectivity index (χ0) is 18.2. The lowest BCUT2D eigenvalue weighted by molar-refractivity contribution is -0.119. The average Bonchev–Trinajstić information content (AvgIpc) is 3.08. The van der Waals surface area contributed by atoms with E-state index in [2.05, 4.69) is 35.5 Å². The number of nitrogens with two attached hydrogens (primary N) is 1. The summed E-state index contributed by atoms with van der Waals surface area (Å²) in [5.41, 5.74) is 9.14. The standard InChI is InChI=1S/C20H30N4O/c1-16-9-8-10-17(2)19(16)24(20(25)18(3)21)13-7-5-4-6-12-23-14-11-22-15-23/h8-11,14-15,18H,4-7,12-13,21H2,1-3H3. The first-order valence-electron chi connectivity index (χ1n) is 9.09. The number of aryl methyl sites for hydroxylation is 3. The number of anilines is 1. The maximum Gasteiger partial charge on any atom is 0.243 e. The first-order chi connectivity index (χ1) is 12.0. The van der Waals surface area contributed by atoms with Gasteiger partial charge in [0.2, 0.25) is 5.91 Å². The Morgan fingerprint density at radius 1 is 1.20 bits per heavy atom. The molecule has 5 nitrogen and oxygen atoms in total. The molecule has 0 aliphatic carbocycles. The lowest BCUT2D eigenvalue weighted by atomic mass is 10.1. The molecule has 0 aliphatic heterocycles. The molecule has 0 saturated heterocycles. The van der Waals surface area contributed by atoms with E-state index in [0.717, 1.165) is 55.6 Å². The molecular weight excluding hydrogens is 312 g/mol. The second-order valence-electron chi connectivity index (χ2n) is 6.73. The van der Waals surface area contributed by atoms with Gasteiger partial charge in [-0.3, -0.25) is 4.79 Å². The van der Waals surface area contributed by atoms with E-state index in [1.54, 1.807) is 6.92 Å². The normalized spacial score (nSPS) is 12.2. The van der Waals surface area contributed by atoms with Gasteiger partial charge in [0.1, 0.15) is 0 Å². The fraction of sp³-hybridized carbons (Fsp3) is 0.500. The molecule has 1 amide bonds. The van der Waals surface area contributed by atoms with Crippen molar-refractivity contribution in [3.63, 3.8) is 0 Å². The predicted molar refractivity (Wildman–Crippen MR) is 103 cm³/mol. The molecule has 0 saturated carbocycles. The van der Waals surface area contributed by atoms with Crippen LogP contribution in [-0.2, 0) is 11.3 Å². The summed E-state index contributed by atoms with van der Waals surface area (Å²) >= 11 is 0. The third-order valence-corrected chi connectivity index (χ3v) is 4.47. The van der Waals surface area contributed by atoms with E-state index in [4.69, 9.17) is 5.73 Å². The van der Waals surface area contributed by atoms with Crippen molar-refractivity contribution in [3.05, 3.63) is 48.0 Å². The van der Waals surface area contributed by atoms with Crippen molar-refractivity contribution in [1.82, 2.24) is 9.55 Å². The van der Waals surface area contributed by atoms with Crippen molar-refractivity contribution in [2.24, 2.45) is 5.73 Å². The number of hydrogen-bond acceptors (Lipinski definition) is 3. The van der Waals surface area contributed by atoms with E-state index in [1.165, 1.54) is 0 Å². The van der Waals surface area contributed by atoms with Crippen LogP contribution in [0.25, 0.3) is 0 Å². The van der Waals surface area contributed by atoms with Crippen LogP contribution in [0.3, 0.4) is 0 Å². The van der Waals surface area contributed by atoms with Crippen molar-refractivity contribution in [2.45, 2.75) is 59.0 Å². The summed E-state index contributed by atoms with van der Waals surface area (Å²) in [7, 11) is 0. The highest BCUT2D eigenvalue weighted by molar-refractivity contribution is 5.98. The molecule has 2 N–H and O–H groups in total. The van der Waals surface area contributed by atoms with Crippen LogP contribution in [0.5, 0.6) is 0 Å². The molecule has 1 unspecified atom stereocenters. The molecule has 0 aliphatic rings. The summed E-state index contributed by atoms with van der Waals surface area (Å²) in [4.78, 5) is 18.5. The predicted octanol–water partition coefficient (Wildman–Crippen LogP) is 3.44. The number of unbranched alkanes of at least 4 members (excludes halogenated alkanes) is 3. The minimum atomic E-state index is -0.486. The number of hydrogen-bond donors (Lipinski definition) is 1. The Bertz CT molecular complexity index is 644. The van der Waals surface area contributed by atoms with Crippen molar-refractivity contribution in [3.8, 4) is 0 Å². The molecule has 136 valence electrons. The van der Waals surface area contributed by atoms with Crippen molar-refractivity contribution in [1.29, 1.82) is 0 Å². The number of para-hydroxylation sites is 1. The highest BCUT2D eigenvalue weighted by atomic mass is 16.2. The van der Waals surface area contributed by atoms with E-state index < -0.39 is 6.04 Å². The minimum absolute atomic E-state index is 0.00387. The molecule has 1 atom stereocenters. The molecule has 0 fully saturated rings. The highest BCUT2D eigenvalue weighted by Crippen LogP contribution is 2.25. The Hall–Kier alpha value is -2.14. The summed E-state index contributed by atoms with van der Waals surface area (Å²) in [6, 6.07) is 5.64. The molecule has 0 bridgehead atoms. The molecule has 1 heterocycles. The SMILES string of the molecule is Cc1cccc(C)c1N(CCCCCCn1ccnc1)C(=O)C(C)N. The second-order valence-corrected chi connectivity index (χ2v) is 6.73. The fourth-order valence-corrected chi connectivity index (χ4v) is 3.15. The van der Waals surface area contributed by atoms with Crippen molar-refractivity contribution in [2.75, 3.05) is 11.4 Å². The number of carbonyl (C=O) groups is 1. The van der Waals surface area contributed by atoms with Crippen LogP contribution in [0.1, 0.15) is 43.7 Å². The van der Waals surface area contributed by atoms with Crippen molar-refractivity contribution < 1.29 is 4.79 Å². The van der Waals surface area contributed by atoms with E-state index >= 15 is 0 Å². The quantitative estimate of drug-likeness (QED) is 0.710. The molecule has 1 aromatic carbocycles. The summed E-state index contributed by atoms with van der Waals surface area (Å²) in [5, 5.41) is 0. The number of benzene rings is 1. The zero-order valence-electron chi connectivity index (χ0n) is 15.6. The van der Waals surface area contributed by atoms with E-state index in [-0.39, 0.29) is 5.91 Å². The number of rotatable bonds is 9. The smallest absolute Gasteiger partial charge is 0.243 e. The number of aromatic nitrogens is 2. The van der Waals surface area contributed by atoms with Gasteiger partial charge in [0.25, 0.3) is 0 Å². The van der Waals surface area contributed by atoms with E-state index in [9.17, 15) is 4.79 Å². The van der Waals surface area contributed by atoms with Gasteiger partial charge in [0, 0.05) is 31.2 Å². The largest absolute Gasteiger partial charge is 0.337 e. The fourth-order valence-electron chi connectivity index (χ4n) is 3.15. The number of nitrogens with zero attached hydrogens (tertiary/aromatic N) is 3. The van der Waals surface area contributed by atoms with Crippen LogP contribution in [-0.4, -0.2) is 28.0 Å². The van der Waals surface area contributed by atoms with Gasteiger partial charge >= 0.3 is 0 Å². The van der Waals surface area contributed by atoms with Gasteiger partial charge in [-0.05, 0) is 44.7 Å². The number of carbonyl (C=O) groups excluding carboxylic acids is 1. The Labute approximate surface area is 150 Å². The highest BCUT2D eigenvalue weighted by Gasteiger charge is 2.21. The van der Waals surface area contributed by atoms with Crippen LogP contribution in [0.4, 0.5) is 5.69 Å².